The van der Waals surface area contributed by atoms with Crippen molar-refractivity contribution in [2.45, 2.75) is 48.8 Å². The Morgan fingerprint density at radius 1 is 0.684 bits per heavy atom. The van der Waals surface area contributed by atoms with Crippen molar-refractivity contribution in [2.24, 2.45) is 0 Å². The Morgan fingerprint density at radius 3 is 1.76 bits per heavy atom. The highest BCUT2D eigenvalue weighted by Crippen LogP contribution is 2.50. The molecule has 2 aliphatic heterocycles. The molecule has 3 heterocycles. The fraction of sp³-hybridized carbons (Fsp3) is 0.400. The second-order valence-corrected chi connectivity index (χ2v) is 9.36. The third kappa shape index (κ3) is 4.19. The number of ether oxygens (including phenoxy) is 2. The van der Waals surface area contributed by atoms with Crippen molar-refractivity contribution < 1.29 is 59.8 Å². The number of aliphatic hydroxyl groups is 6. The molecule has 2 unspecified atom stereocenters. The number of hydrogen-bond donors (Lipinski definition) is 9. The van der Waals surface area contributed by atoms with E-state index in [-0.39, 0.29) is 11.5 Å². The Morgan fingerprint density at radius 2 is 1.21 bits per heavy atom. The van der Waals surface area contributed by atoms with Gasteiger partial charge in [-0.1, -0.05) is 0 Å². The van der Waals surface area contributed by atoms with Gasteiger partial charge >= 0.3 is 0 Å². The highest BCUT2D eigenvalue weighted by atomic mass is 16.5. The molecule has 2 aromatic carbocycles. The summed E-state index contributed by atoms with van der Waals surface area (Å²) in [6, 6.07) is 6.60. The fourth-order valence-electron chi connectivity index (χ4n) is 4.83. The van der Waals surface area contributed by atoms with Gasteiger partial charge in [0.05, 0.1) is 24.3 Å². The maximum atomic E-state index is 13.3. The lowest BCUT2D eigenvalue weighted by Crippen LogP contribution is -2.49. The smallest absolute Gasteiger partial charge is 0.197 e. The van der Waals surface area contributed by atoms with Crippen LogP contribution in [0.4, 0.5) is 0 Å². The lowest BCUT2D eigenvalue weighted by atomic mass is 9.87. The predicted octanol–water partition coefficient (Wildman–Crippen LogP) is -1.12. The quantitative estimate of drug-likeness (QED) is 0.194. The molecule has 0 saturated carbocycles. The van der Waals surface area contributed by atoms with Crippen LogP contribution >= 0.6 is 0 Å². The number of benzene rings is 2. The van der Waals surface area contributed by atoms with Gasteiger partial charge in [0, 0.05) is 11.6 Å². The molecular formula is C25H26O13. The van der Waals surface area contributed by atoms with Crippen molar-refractivity contribution in [1.29, 1.82) is 0 Å². The minimum Gasteiger partial charge on any atom is -0.508 e. The first kappa shape index (κ1) is 26.3. The van der Waals surface area contributed by atoms with Gasteiger partial charge in [0.25, 0.3) is 0 Å². The van der Waals surface area contributed by atoms with Crippen LogP contribution in [-0.4, -0.2) is 95.8 Å². The molecule has 13 nitrogen and oxygen atoms in total. The van der Waals surface area contributed by atoms with Gasteiger partial charge in [-0.25, -0.2) is 0 Å². The van der Waals surface area contributed by atoms with E-state index < -0.39 is 101 Å². The first-order valence-corrected chi connectivity index (χ1v) is 11.7. The number of phenolic OH excluding ortho intramolecular Hbond substituents is 3. The van der Waals surface area contributed by atoms with Gasteiger partial charge < -0.3 is 59.8 Å². The standard InChI is InChI=1S/C25H26O13/c26-9-3-1-8(2-4-9)13-5-10(27)14-19(32)15(24-21(34)17(30)11(28)6-36-24)20(33)16(23(14)38-13)25-22(35)18(31)12(29)7-37-25/h1-5,11-12,17-18,21-22,24-26,28-35H,6-7H2/t11-,12-,17-,18-,21?,22?,24-,25-/m0/s1. The van der Waals surface area contributed by atoms with Crippen LogP contribution in [0.2, 0.25) is 0 Å². The SMILES string of the molecule is O=c1cc(-c2ccc(O)cc2)oc2c([C@@H]3OC[C@H](O)[C@H](O)C3O)c(O)c([C@@H]3OC[C@H](O)[C@H](O)C3O)c(O)c12. The van der Waals surface area contributed by atoms with Gasteiger partial charge in [-0.15, -0.1) is 0 Å². The van der Waals surface area contributed by atoms with Crippen molar-refractivity contribution in [3.63, 3.8) is 0 Å². The Hall–Kier alpha value is -3.27. The highest BCUT2D eigenvalue weighted by Gasteiger charge is 2.46. The molecule has 0 bridgehead atoms. The molecule has 2 fully saturated rings. The maximum absolute atomic E-state index is 13.3. The second kappa shape index (κ2) is 9.80. The largest absolute Gasteiger partial charge is 0.508 e. The summed E-state index contributed by atoms with van der Waals surface area (Å²) in [4.78, 5) is 13.3. The average Bonchev–Trinajstić information content (AvgIpc) is 2.88. The lowest BCUT2D eigenvalue weighted by molar-refractivity contribution is -0.191. The van der Waals surface area contributed by atoms with E-state index >= 15 is 0 Å². The number of rotatable bonds is 3. The lowest BCUT2D eigenvalue weighted by Gasteiger charge is -2.38. The summed E-state index contributed by atoms with van der Waals surface area (Å²) < 4.78 is 16.8. The molecule has 13 heteroatoms. The van der Waals surface area contributed by atoms with Crippen LogP contribution < -0.4 is 5.43 Å². The Bertz CT molecular complexity index is 1400. The van der Waals surface area contributed by atoms with Crippen LogP contribution in [0.1, 0.15) is 23.3 Å². The van der Waals surface area contributed by atoms with Gasteiger partial charge in [0.15, 0.2) is 11.0 Å². The zero-order valence-electron chi connectivity index (χ0n) is 19.6. The van der Waals surface area contributed by atoms with E-state index in [1.54, 1.807) is 0 Å². The Labute approximate surface area is 213 Å². The van der Waals surface area contributed by atoms with Crippen LogP contribution in [0, 0.1) is 0 Å². The number of aliphatic hydroxyl groups excluding tert-OH is 6. The number of hydrogen-bond acceptors (Lipinski definition) is 13. The van der Waals surface area contributed by atoms with Crippen molar-refractivity contribution in [2.75, 3.05) is 13.2 Å². The van der Waals surface area contributed by atoms with E-state index in [4.69, 9.17) is 13.9 Å². The maximum Gasteiger partial charge on any atom is 0.197 e. The van der Waals surface area contributed by atoms with Gasteiger partial charge in [0.1, 0.15) is 77.2 Å². The minimum atomic E-state index is -1.85. The summed E-state index contributed by atoms with van der Waals surface area (Å²) in [5.41, 5.74) is -1.86. The third-order valence-electron chi connectivity index (χ3n) is 6.92. The Kier molecular flexibility index (Phi) is 6.79. The van der Waals surface area contributed by atoms with Crippen molar-refractivity contribution in [3.8, 4) is 28.6 Å². The summed E-state index contributed by atoms with van der Waals surface area (Å²) in [5, 5.41) is 93.1. The summed E-state index contributed by atoms with van der Waals surface area (Å²) in [5.74, 6) is -1.80. The van der Waals surface area contributed by atoms with Crippen LogP contribution in [0.5, 0.6) is 17.2 Å². The Balaban J connectivity index is 1.80. The monoisotopic (exact) mass is 534 g/mol. The third-order valence-corrected chi connectivity index (χ3v) is 6.92. The number of fused-ring (bicyclic) bond motifs is 1. The first-order chi connectivity index (χ1) is 18.0. The van der Waals surface area contributed by atoms with E-state index in [2.05, 4.69) is 0 Å². The molecule has 0 spiro atoms. The van der Waals surface area contributed by atoms with E-state index in [1.165, 1.54) is 24.3 Å². The van der Waals surface area contributed by atoms with E-state index in [9.17, 15) is 50.8 Å². The zero-order valence-corrected chi connectivity index (χ0v) is 19.6. The van der Waals surface area contributed by atoms with E-state index in [0.29, 0.717) is 5.56 Å². The van der Waals surface area contributed by atoms with Gasteiger partial charge in [-0.05, 0) is 24.3 Å². The molecule has 5 rings (SSSR count). The molecule has 0 radical (unpaired) electrons. The molecule has 38 heavy (non-hydrogen) atoms. The molecule has 1 aromatic heterocycles. The molecule has 204 valence electrons. The van der Waals surface area contributed by atoms with Gasteiger partial charge in [-0.3, -0.25) is 4.79 Å². The molecule has 2 aliphatic rings. The molecule has 0 amide bonds. The normalized spacial score (nSPS) is 31.9. The molecule has 2 saturated heterocycles. The summed E-state index contributed by atoms with van der Waals surface area (Å²) in [6.07, 6.45) is -13.3. The van der Waals surface area contributed by atoms with Crippen molar-refractivity contribution >= 4 is 11.0 Å². The van der Waals surface area contributed by atoms with Crippen LogP contribution in [0.25, 0.3) is 22.3 Å². The summed E-state index contributed by atoms with van der Waals surface area (Å²) >= 11 is 0. The van der Waals surface area contributed by atoms with Gasteiger partial charge in [-0.2, -0.15) is 0 Å². The molecular weight excluding hydrogens is 508 g/mol. The van der Waals surface area contributed by atoms with Gasteiger partial charge in [0.2, 0.25) is 0 Å². The first-order valence-electron chi connectivity index (χ1n) is 11.7. The summed E-state index contributed by atoms with van der Waals surface area (Å²) in [7, 11) is 0. The second-order valence-electron chi connectivity index (χ2n) is 9.36. The van der Waals surface area contributed by atoms with Crippen molar-refractivity contribution in [3.05, 3.63) is 51.7 Å². The van der Waals surface area contributed by atoms with Crippen LogP contribution in [-0.2, 0) is 9.47 Å². The number of aromatic hydroxyl groups is 3. The molecule has 9 N–H and O–H groups in total. The molecule has 0 aliphatic carbocycles. The predicted molar refractivity (Wildman–Crippen MR) is 126 cm³/mol. The number of phenols is 3. The van der Waals surface area contributed by atoms with Crippen LogP contribution in [0.15, 0.2) is 39.5 Å². The zero-order chi connectivity index (χ0) is 27.5. The summed E-state index contributed by atoms with van der Waals surface area (Å²) in [6.45, 7) is -0.966. The fourth-order valence-corrected chi connectivity index (χ4v) is 4.83. The average molecular weight is 534 g/mol. The molecule has 8 atom stereocenters. The van der Waals surface area contributed by atoms with Crippen LogP contribution in [0.3, 0.4) is 0 Å². The minimum absolute atomic E-state index is 0.0475. The van der Waals surface area contributed by atoms with E-state index in [1.807, 2.05) is 0 Å². The molecule has 3 aromatic rings. The topological polar surface area (TPSA) is 231 Å². The van der Waals surface area contributed by atoms with Crippen molar-refractivity contribution in [1.82, 2.24) is 0 Å². The van der Waals surface area contributed by atoms with E-state index in [0.717, 1.165) is 6.07 Å². The highest BCUT2D eigenvalue weighted by molar-refractivity contribution is 5.91.